The Hall–Kier alpha value is -4.20. The van der Waals surface area contributed by atoms with Crippen LogP contribution in [-0.2, 0) is 19.2 Å². The summed E-state index contributed by atoms with van der Waals surface area (Å²) in [7, 11) is 2.94. The molecule has 1 aliphatic heterocycles. The van der Waals surface area contributed by atoms with Crippen molar-refractivity contribution >= 4 is 29.1 Å². The zero-order valence-corrected chi connectivity index (χ0v) is 22.8. The lowest BCUT2D eigenvalue weighted by atomic mass is 9.47. The molecule has 2 amide bonds. The van der Waals surface area contributed by atoms with Gasteiger partial charge in [-0.2, -0.15) is 0 Å². The molecule has 0 aromatic heterocycles. The van der Waals surface area contributed by atoms with Crippen molar-refractivity contribution < 1.29 is 33.8 Å². The minimum Gasteiger partial charge on any atom is -0.508 e. The molecule has 0 spiro atoms. The van der Waals surface area contributed by atoms with Crippen LogP contribution in [0.3, 0.4) is 0 Å². The summed E-state index contributed by atoms with van der Waals surface area (Å²) in [4.78, 5) is 56.5. The minimum absolute atomic E-state index is 0.0682. The van der Waals surface area contributed by atoms with E-state index in [-0.39, 0.29) is 35.6 Å². The van der Waals surface area contributed by atoms with Crippen LogP contribution in [0.4, 0.5) is 5.69 Å². The number of hydrogen-bond acceptors (Lipinski definition) is 7. The maximum absolute atomic E-state index is 14.0. The van der Waals surface area contributed by atoms with Crippen LogP contribution in [0.15, 0.2) is 65.8 Å². The predicted octanol–water partition coefficient (Wildman–Crippen LogP) is 4.37. The highest BCUT2D eigenvalue weighted by Gasteiger charge is 2.64. The Kier molecular flexibility index (Phi) is 5.98. The van der Waals surface area contributed by atoms with E-state index in [1.807, 2.05) is 19.1 Å². The summed E-state index contributed by atoms with van der Waals surface area (Å²) in [6.07, 6.45) is 4.00. The van der Waals surface area contributed by atoms with Crippen molar-refractivity contribution in [2.45, 2.75) is 32.6 Å². The highest BCUT2D eigenvalue weighted by atomic mass is 16.5. The maximum Gasteiger partial charge on any atom is 0.238 e. The monoisotopic (exact) mass is 541 g/mol. The molecule has 1 saturated carbocycles. The second-order valence-electron chi connectivity index (χ2n) is 11.4. The number of aromatic hydroxyl groups is 1. The number of ether oxygens (including phenoxy) is 2. The number of Topliss-reactive ketones (excluding diaryl/α,β-unsaturated/α-hetero) is 1. The number of methoxy groups -OCH3 is 2. The van der Waals surface area contributed by atoms with Crippen LogP contribution in [0, 0.1) is 29.1 Å². The molecule has 8 nitrogen and oxygen atoms in total. The number of imide groups is 1. The summed E-state index contributed by atoms with van der Waals surface area (Å²) < 4.78 is 11.4. The van der Waals surface area contributed by atoms with Gasteiger partial charge in [0.1, 0.15) is 17.2 Å². The van der Waals surface area contributed by atoms with E-state index in [1.165, 1.54) is 37.3 Å². The lowest BCUT2D eigenvalue weighted by Gasteiger charge is -2.54. The lowest BCUT2D eigenvalue weighted by molar-refractivity contribution is -0.141. The molecule has 6 rings (SSSR count). The Morgan fingerprint density at radius 1 is 0.950 bits per heavy atom. The molecule has 40 heavy (non-hydrogen) atoms. The number of benzene rings is 2. The molecule has 8 heteroatoms. The van der Waals surface area contributed by atoms with Gasteiger partial charge in [0.25, 0.3) is 0 Å². The fourth-order valence-corrected chi connectivity index (χ4v) is 7.74. The number of phenols is 1. The lowest BCUT2D eigenvalue weighted by Crippen LogP contribution is -2.54. The van der Waals surface area contributed by atoms with Crippen molar-refractivity contribution in [1.29, 1.82) is 0 Å². The third kappa shape index (κ3) is 3.44. The van der Waals surface area contributed by atoms with Crippen LogP contribution in [0.2, 0.25) is 0 Å². The standard InChI is InChI=1S/C32H31NO7/c1-16-12-23(35)22-15-21-19(10-11-20-26(21)31(38)33(30(20)37)17-8-6-5-7-9-17)28(32(22,2)29(16)36)27-24(39-3)13-18(34)14-25(27)40-4/h5-10,12-14,20-22,26,28,34H,11,15H2,1-4H3/t20-,21+,22-,26-,28+,32+/m0/s1. The summed E-state index contributed by atoms with van der Waals surface area (Å²) in [5.74, 6) is -3.35. The van der Waals surface area contributed by atoms with E-state index in [0.717, 1.165) is 5.57 Å². The summed E-state index contributed by atoms with van der Waals surface area (Å²) >= 11 is 0. The van der Waals surface area contributed by atoms with Crippen molar-refractivity contribution in [2.24, 2.45) is 29.1 Å². The molecular weight excluding hydrogens is 510 g/mol. The number of amides is 2. The molecule has 2 fully saturated rings. The van der Waals surface area contributed by atoms with Crippen molar-refractivity contribution in [3.63, 3.8) is 0 Å². The SMILES string of the molecule is COc1cc(O)cc(OC)c1[C@H]1C2=CC[C@@H]3C(=O)N(c4ccccc4)C(=O)[C@@H]3[C@@H]2C[C@H]2C(=O)C=C(C)C(=O)[C@@]12C. The second kappa shape index (κ2) is 9.18. The van der Waals surface area contributed by atoms with Gasteiger partial charge in [-0.25, -0.2) is 0 Å². The number of allylic oxidation sites excluding steroid dienone is 4. The molecule has 206 valence electrons. The van der Waals surface area contributed by atoms with Gasteiger partial charge in [-0.15, -0.1) is 0 Å². The quantitative estimate of drug-likeness (QED) is 0.452. The zero-order valence-electron chi connectivity index (χ0n) is 22.8. The molecule has 2 aromatic carbocycles. The fourth-order valence-electron chi connectivity index (χ4n) is 7.74. The first-order valence-electron chi connectivity index (χ1n) is 13.5. The molecule has 6 atom stereocenters. The topological polar surface area (TPSA) is 110 Å². The number of carbonyl (C=O) groups excluding carboxylic acids is 4. The summed E-state index contributed by atoms with van der Waals surface area (Å²) in [6, 6.07) is 11.8. The van der Waals surface area contributed by atoms with E-state index < -0.39 is 35.0 Å². The second-order valence-corrected chi connectivity index (χ2v) is 11.4. The summed E-state index contributed by atoms with van der Waals surface area (Å²) in [5, 5.41) is 10.4. The Bertz CT molecular complexity index is 1500. The van der Waals surface area contributed by atoms with Gasteiger partial charge in [-0.1, -0.05) is 36.8 Å². The summed E-state index contributed by atoms with van der Waals surface area (Å²) in [5.41, 5.74) is 1.08. The highest BCUT2D eigenvalue weighted by Crippen LogP contribution is 2.64. The number of ketones is 2. The normalized spacial score (nSPS) is 31.2. The minimum atomic E-state index is -1.19. The van der Waals surface area contributed by atoms with Crippen LogP contribution in [0.1, 0.15) is 38.2 Å². The van der Waals surface area contributed by atoms with E-state index >= 15 is 0 Å². The third-order valence-electron chi connectivity index (χ3n) is 9.47. The number of nitrogens with zero attached hydrogens (tertiary/aromatic N) is 1. The van der Waals surface area contributed by atoms with Crippen molar-refractivity contribution in [3.8, 4) is 17.2 Å². The van der Waals surface area contributed by atoms with Gasteiger partial charge in [0.2, 0.25) is 11.8 Å². The van der Waals surface area contributed by atoms with Crippen LogP contribution in [-0.4, -0.2) is 42.7 Å². The average Bonchev–Trinajstić information content (AvgIpc) is 3.21. The summed E-state index contributed by atoms with van der Waals surface area (Å²) in [6.45, 7) is 3.46. The fraction of sp³-hybridized carbons (Fsp3) is 0.375. The van der Waals surface area contributed by atoms with Crippen molar-refractivity contribution in [1.82, 2.24) is 0 Å². The first kappa shape index (κ1) is 26.0. The van der Waals surface area contributed by atoms with Gasteiger partial charge in [0.15, 0.2) is 11.6 Å². The predicted molar refractivity (Wildman–Crippen MR) is 146 cm³/mol. The molecule has 3 aliphatic carbocycles. The number of para-hydroxylation sites is 1. The van der Waals surface area contributed by atoms with Crippen LogP contribution >= 0.6 is 0 Å². The smallest absolute Gasteiger partial charge is 0.238 e. The average molecular weight is 542 g/mol. The number of rotatable bonds is 4. The molecule has 0 unspecified atom stereocenters. The van der Waals surface area contributed by atoms with Gasteiger partial charge < -0.3 is 14.6 Å². The molecule has 0 radical (unpaired) electrons. The Morgan fingerprint density at radius 3 is 2.23 bits per heavy atom. The largest absolute Gasteiger partial charge is 0.508 e. The molecule has 2 aromatic rings. The van der Waals surface area contributed by atoms with Crippen molar-refractivity contribution in [3.05, 3.63) is 71.3 Å². The Balaban J connectivity index is 1.57. The Morgan fingerprint density at radius 2 is 1.60 bits per heavy atom. The molecule has 4 aliphatic rings. The van der Waals surface area contributed by atoms with Crippen molar-refractivity contribution in [2.75, 3.05) is 19.1 Å². The van der Waals surface area contributed by atoms with Gasteiger partial charge in [-0.05, 0) is 49.5 Å². The van der Waals surface area contributed by atoms with Crippen LogP contribution in [0.25, 0.3) is 0 Å². The van der Waals surface area contributed by atoms with Crippen LogP contribution < -0.4 is 14.4 Å². The molecule has 0 bridgehead atoms. The molecule has 1 saturated heterocycles. The van der Waals surface area contributed by atoms with Gasteiger partial charge in [-0.3, -0.25) is 24.1 Å². The third-order valence-corrected chi connectivity index (χ3v) is 9.47. The van der Waals surface area contributed by atoms with Crippen LogP contribution in [0.5, 0.6) is 17.2 Å². The van der Waals surface area contributed by atoms with E-state index in [9.17, 15) is 24.3 Å². The zero-order chi connectivity index (χ0) is 28.5. The number of fused-ring (bicyclic) bond motifs is 4. The van der Waals surface area contributed by atoms with Gasteiger partial charge in [0.05, 0.1) is 37.2 Å². The first-order chi connectivity index (χ1) is 19.1. The molecule has 1 N–H and O–H groups in total. The van der Waals surface area contributed by atoms with E-state index in [2.05, 4.69) is 0 Å². The van der Waals surface area contributed by atoms with Gasteiger partial charge >= 0.3 is 0 Å². The number of carbonyl (C=O) groups is 4. The highest BCUT2D eigenvalue weighted by molar-refractivity contribution is 6.22. The molecular formula is C32H31NO7. The Labute approximate surface area is 232 Å². The van der Waals surface area contributed by atoms with E-state index in [4.69, 9.17) is 9.47 Å². The number of hydrogen-bond donors (Lipinski definition) is 1. The number of anilines is 1. The maximum atomic E-state index is 14.0. The van der Waals surface area contributed by atoms with E-state index in [0.29, 0.717) is 34.7 Å². The number of phenolic OH excluding ortho intramolecular Hbond substituents is 1. The van der Waals surface area contributed by atoms with Gasteiger partial charge in [0, 0.05) is 29.5 Å². The van der Waals surface area contributed by atoms with E-state index in [1.54, 1.807) is 31.2 Å². The molecule has 1 heterocycles. The first-order valence-corrected chi connectivity index (χ1v) is 13.5.